The summed E-state index contributed by atoms with van der Waals surface area (Å²) in [5.74, 6) is 0.290. The minimum absolute atomic E-state index is 0.0491. The van der Waals surface area contributed by atoms with Crippen LogP contribution in [-0.2, 0) is 11.2 Å². The van der Waals surface area contributed by atoms with Gasteiger partial charge >= 0.3 is 0 Å². The molecule has 0 fully saturated rings. The monoisotopic (exact) mass is 231 g/mol. The van der Waals surface area contributed by atoms with E-state index in [4.69, 9.17) is 15.6 Å². The van der Waals surface area contributed by atoms with Crippen molar-refractivity contribution in [1.29, 1.82) is 10.8 Å². The third kappa shape index (κ3) is 2.33. The van der Waals surface area contributed by atoms with Gasteiger partial charge < -0.3 is 15.5 Å². The van der Waals surface area contributed by atoms with E-state index in [1.807, 2.05) is 6.07 Å². The molecule has 17 heavy (non-hydrogen) atoms. The van der Waals surface area contributed by atoms with Crippen LogP contribution in [0.15, 0.2) is 18.2 Å². The molecule has 0 radical (unpaired) electrons. The van der Waals surface area contributed by atoms with Gasteiger partial charge in [-0.3, -0.25) is 10.2 Å². The summed E-state index contributed by atoms with van der Waals surface area (Å²) in [5, 5.41) is 17.2. The standard InChI is InChI=1S/C12H13N3O2/c1-7(13)11(14)12(16)15-9-2-3-10-8(6-9)4-5-17-10/h2-3,6,13-14H,4-5H2,1H3,(H,15,16). The van der Waals surface area contributed by atoms with Gasteiger partial charge in [0.1, 0.15) is 11.5 Å². The Balaban J connectivity index is 2.12. The molecule has 1 aliphatic heterocycles. The number of fused-ring (bicyclic) bond motifs is 1. The van der Waals surface area contributed by atoms with Crippen LogP contribution in [0.3, 0.4) is 0 Å². The van der Waals surface area contributed by atoms with Gasteiger partial charge in [0.2, 0.25) is 0 Å². The van der Waals surface area contributed by atoms with Gasteiger partial charge in [-0.05, 0) is 30.7 Å². The van der Waals surface area contributed by atoms with Crippen LogP contribution < -0.4 is 10.1 Å². The molecular weight excluding hydrogens is 218 g/mol. The summed E-state index contributed by atoms with van der Waals surface area (Å²) in [6.07, 6.45) is 0.833. The second kappa shape index (κ2) is 4.37. The lowest BCUT2D eigenvalue weighted by Crippen LogP contribution is -2.27. The van der Waals surface area contributed by atoms with Crippen LogP contribution in [-0.4, -0.2) is 23.9 Å². The Kier molecular flexibility index (Phi) is 2.91. The summed E-state index contributed by atoms with van der Waals surface area (Å²) in [5.41, 5.74) is 1.32. The van der Waals surface area contributed by atoms with E-state index in [1.54, 1.807) is 12.1 Å². The number of ether oxygens (including phenoxy) is 1. The molecule has 1 aromatic rings. The van der Waals surface area contributed by atoms with Gasteiger partial charge in [-0.2, -0.15) is 0 Å². The van der Waals surface area contributed by atoms with E-state index in [1.165, 1.54) is 6.92 Å². The Morgan fingerprint density at radius 3 is 2.88 bits per heavy atom. The molecular formula is C12H13N3O2. The van der Waals surface area contributed by atoms with E-state index in [-0.39, 0.29) is 11.4 Å². The normalized spacial score (nSPS) is 12.5. The maximum absolute atomic E-state index is 11.5. The Hall–Kier alpha value is -2.17. The molecule has 0 atom stereocenters. The molecule has 3 N–H and O–H groups in total. The predicted molar refractivity (Wildman–Crippen MR) is 65.4 cm³/mol. The lowest BCUT2D eigenvalue weighted by atomic mass is 10.1. The van der Waals surface area contributed by atoms with Gasteiger partial charge in [0.15, 0.2) is 0 Å². The predicted octanol–water partition coefficient (Wildman–Crippen LogP) is 1.62. The summed E-state index contributed by atoms with van der Waals surface area (Å²) >= 11 is 0. The van der Waals surface area contributed by atoms with Crippen LogP contribution in [0.4, 0.5) is 5.69 Å². The first kappa shape index (κ1) is 11.3. The van der Waals surface area contributed by atoms with Crippen molar-refractivity contribution in [3.63, 3.8) is 0 Å². The van der Waals surface area contributed by atoms with Crippen LogP contribution in [0, 0.1) is 10.8 Å². The van der Waals surface area contributed by atoms with Crippen LogP contribution in [0.1, 0.15) is 12.5 Å². The molecule has 0 unspecified atom stereocenters. The number of rotatable bonds is 3. The highest BCUT2D eigenvalue weighted by molar-refractivity contribution is 6.66. The second-order valence-electron chi connectivity index (χ2n) is 3.88. The summed E-state index contributed by atoms with van der Waals surface area (Å²) in [6.45, 7) is 2.08. The van der Waals surface area contributed by atoms with Gasteiger partial charge in [-0.15, -0.1) is 0 Å². The summed E-state index contributed by atoms with van der Waals surface area (Å²) < 4.78 is 5.36. The Morgan fingerprint density at radius 2 is 2.18 bits per heavy atom. The molecule has 2 rings (SSSR count). The topological polar surface area (TPSA) is 86.0 Å². The summed E-state index contributed by atoms with van der Waals surface area (Å²) in [6, 6.07) is 5.38. The van der Waals surface area contributed by atoms with E-state index < -0.39 is 5.91 Å². The highest BCUT2D eigenvalue weighted by Gasteiger charge is 2.15. The third-order valence-corrected chi connectivity index (χ3v) is 2.55. The van der Waals surface area contributed by atoms with Crippen LogP contribution in [0.5, 0.6) is 5.75 Å². The second-order valence-corrected chi connectivity index (χ2v) is 3.88. The maximum atomic E-state index is 11.5. The number of nitrogens with one attached hydrogen (secondary N) is 3. The molecule has 0 aromatic heterocycles. The molecule has 88 valence electrons. The van der Waals surface area contributed by atoms with E-state index >= 15 is 0 Å². The molecule has 1 aromatic carbocycles. The summed E-state index contributed by atoms with van der Waals surface area (Å²) in [7, 11) is 0. The number of carbonyl (C=O) groups is 1. The molecule has 0 aliphatic carbocycles. The van der Waals surface area contributed by atoms with Crippen LogP contribution in [0.25, 0.3) is 0 Å². The van der Waals surface area contributed by atoms with Crippen molar-refractivity contribution < 1.29 is 9.53 Å². The smallest absolute Gasteiger partial charge is 0.275 e. The zero-order valence-corrected chi connectivity index (χ0v) is 9.46. The van der Waals surface area contributed by atoms with E-state index in [9.17, 15) is 4.79 Å². The third-order valence-electron chi connectivity index (χ3n) is 2.55. The fourth-order valence-electron chi connectivity index (χ4n) is 1.63. The van der Waals surface area contributed by atoms with E-state index in [0.717, 1.165) is 17.7 Å². The zero-order chi connectivity index (χ0) is 12.4. The highest BCUT2D eigenvalue weighted by Crippen LogP contribution is 2.27. The Morgan fingerprint density at radius 1 is 1.41 bits per heavy atom. The number of hydrogen-bond donors (Lipinski definition) is 3. The number of carbonyl (C=O) groups excluding carboxylic acids is 1. The van der Waals surface area contributed by atoms with Crippen molar-refractivity contribution in [1.82, 2.24) is 0 Å². The van der Waals surface area contributed by atoms with Crippen LogP contribution in [0.2, 0.25) is 0 Å². The average molecular weight is 231 g/mol. The lowest BCUT2D eigenvalue weighted by molar-refractivity contribution is -0.110. The van der Waals surface area contributed by atoms with E-state index in [2.05, 4.69) is 5.32 Å². The molecule has 0 saturated heterocycles. The minimum atomic E-state index is -0.559. The molecule has 0 saturated carbocycles. The first-order valence-corrected chi connectivity index (χ1v) is 5.29. The van der Waals surface area contributed by atoms with Crippen molar-refractivity contribution >= 4 is 23.0 Å². The first-order valence-electron chi connectivity index (χ1n) is 5.29. The Labute approximate surface area is 98.8 Å². The molecule has 0 bridgehead atoms. The molecule has 1 amide bonds. The number of amides is 1. The minimum Gasteiger partial charge on any atom is -0.493 e. The molecule has 5 nitrogen and oxygen atoms in total. The molecule has 1 aliphatic rings. The van der Waals surface area contributed by atoms with Gasteiger partial charge in [0.25, 0.3) is 5.91 Å². The van der Waals surface area contributed by atoms with Gasteiger partial charge in [-0.1, -0.05) is 0 Å². The average Bonchev–Trinajstić information content (AvgIpc) is 2.74. The van der Waals surface area contributed by atoms with Crippen molar-refractivity contribution in [2.75, 3.05) is 11.9 Å². The van der Waals surface area contributed by atoms with Crippen molar-refractivity contribution in [2.45, 2.75) is 13.3 Å². The largest absolute Gasteiger partial charge is 0.493 e. The van der Waals surface area contributed by atoms with E-state index in [0.29, 0.717) is 12.3 Å². The number of hydrogen-bond acceptors (Lipinski definition) is 4. The lowest BCUT2D eigenvalue weighted by Gasteiger charge is -2.06. The molecule has 0 spiro atoms. The van der Waals surface area contributed by atoms with Crippen molar-refractivity contribution in [3.05, 3.63) is 23.8 Å². The molecule has 1 heterocycles. The SMILES string of the molecule is CC(=N)C(=N)C(=O)Nc1ccc2c(c1)CCO2. The zero-order valence-electron chi connectivity index (χ0n) is 9.46. The number of benzene rings is 1. The van der Waals surface area contributed by atoms with Gasteiger partial charge in [0, 0.05) is 12.1 Å². The fraction of sp³-hybridized carbons (Fsp3) is 0.250. The van der Waals surface area contributed by atoms with Gasteiger partial charge in [0.05, 0.1) is 12.3 Å². The van der Waals surface area contributed by atoms with Crippen molar-refractivity contribution in [2.24, 2.45) is 0 Å². The Bertz CT molecular complexity index is 508. The molecule has 5 heteroatoms. The fourth-order valence-corrected chi connectivity index (χ4v) is 1.63. The summed E-state index contributed by atoms with van der Waals surface area (Å²) in [4.78, 5) is 11.5. The van der Waals surface area contributed by atoms with Crippen molar-refractivity contribution in [3.8, 4) is 5.75 Å². The van der Waals surface area contributed by atoms with Gasteiger partial charge in [-0.25, -0.2) is 0 Å². The van der Waals surface area contributed by atoms with Crippen LogP contribution >= 0.6 is 0 Å². The maximum Gasteiger partial charge on any atom is 0.275 e. The highest BCUT2D eigenvalue weighted by atomic mass is 16.5. The first-order chi connectivity index (χ1) is 8.08. The number of anilines is 1. The quantitative estimate of drug-likeness (QED) is 0.690.